The molecule has 25 heavy (non-hydrogen) atoms. The Bertz CT molecular complexity index is 914. The van der Waals surface area contributed by atoms with Crippen molar-refractivity contribution in [3.8, 4) is 5.75 Å². The van der Waals surface area contributed by atoms with Crippen LogP contribution in [0.4, 0.5) is 14.5 Å². The van der Waals surface area contributed by atoms with Crippen LogP contribution in [0, 0.1) is 11.6 Å². The highest BCUT2D eigenvalue weighted by Crippen LogP contribution is 2.18. The lowest BCUT2D eigenvalue weighted by Gasteiger charge is -2.06. The lowest BCUT2D eigenvalue weighted by Crippen LogP contribution is -2.15. The molecule has 5 nitrogen and oxygen atoms in total. The zero-order chi connectivity index (χ0) is 17.8. The molecule has 0 spiro atoms. The van der Waals surface area contributed by atoms with E-state index in [1.165, 1.54) is 10.7 Å². The second-order valence-electron chi connectivity index (χ2n) is 5.05. The summed E-state index contributed by atoms with van der Waals surface area (Å²) in [4.78, 5) is 12.1. The number of aromatic nitrogens is 2. The summed E-state index contributed by atoms with van der Waals surface area (Å²) in [6.07, 6.45) is 1.54. The van der Waals surface area contributed by atoms with Crippen LogP contribution in [0.3, 0.4) is 0 Å². The van der Waals surface area contributed by atoms with Crippen LogP contribution in [0.2, 0.25) is 5.02 Å². The first-order chi connectivity index (χ1) is 12.0. The molecule has 8 heteroatoms. The van der Waals surface area contributed by atoms with E-state index in [0.717, 1.165) is 12.1 Å². The Morgan fingerprint density at radius 1 is 1.20 bits per heavy atom. The van der Waals surface area contributed by atoms with Crippen LogP contribution in [-0.4, -0.2) is 15.7 Å². The summed E-state index contributed by atoms with van der Waals surface area (Å²) in [7, 11) is 0. The van der Waals surface area contributed by atoms with Gasteiger partial charge in [-0.15, -0.1) is 0 Å². The van der Waals surface area contributed by atoms with Gasteiger partial charge in [0.15, 0.2) is 12.4 Å². The van der Waals surface area contributed by atoms with Gasteiger partial charge in [0.1, 0.15) is 17.4 Å². The van der Waals surface area contributed by atoms with Crippen molar-refractivity contribution < 1.29 is 18.3 Å². The fourth-order valence-corrected chi connectivity index (χ4v) is 2.21. The minimum Gasteiger partial charge on any atom is -0.471 e. The van der Waals surface area contributed by atoms with Gasteiger partial charge in [-0.1, -0.05) is 17.7 Å². The average molecular weight is 364 g/mol. The number of nitrogens with one attached hydrogen (secondary N) is 1. The van der Waals surface area contributed by atoms with Crippen LogP contribution in [0.25, 0.3) is 0 Å². The number of carbonyl (C=O) groups is 1. The summed E-state index contributed by atoms with van der Waals surface area (Å²) < 4.78 is 33.3. The van der Waals surface area contributed by atoms with Crippen LogP contribution in [0.15, 0.2) is 54.7 Å². The van der Waals surface area contributed by atoms with E-state index < -0.39 is 17.5 Å². The number of hydrogen-bond acceptors (Lipinski definition) is 3. The zero-order valence-corrected chi connectivity index (χ0v) is 13.5. The van der Waals surface area contributed by atoms with E-state index >= 15 is 0 Å². The first kappa shape index (κ1) is 16.9. The molecule has 2 aromatic carbocycles. The molecule has 0 aliphatic rings. The number of halogens is 3. The van der Waals surface area contributed by atoms with E-state index in [-0.39, 0.29) is 18.1 Å². The van der Waals surface area contributed by atoms with Gasteiger partial charge in [-0.2, -0.15) is 5.10 Å². The Kier molecular flexibility index (Phi) is 4.95. The molecule has 0 aliphatic heterocycles. The second kappa shape index (κ2) is 7.31. The molecular formula is C17H12ClF2N3O2. The van der Waals surface area contributed by atoms with Crippen molar-refractivity contribution in [3.63, 3.8) is 0 Å². The van der Waals surface area contributed by atoms with Gasteiger partial charge in [-0.25, -0.2) is 13.5 Å². The number of benzene rings is 2. The summed E-state index contributed by atoms with van der Waals surface area (Å²) in [5.74, 6) is -1.65. The predicted octanol–water partition coefficient (Wildman–Crippen LogP) is 4.10. The van der Waals surface area contributed by atoms with E-state index in [4.69, 9.17) is 16.3 Å². The quantitative estimate of drug-likeness (QED) is 0.742. The standard InChI is InChI=1S/C17H12ClF2N3O2/c18-11-2-1-3-13(8-11)25-10-23-7-6-16(22-23)17(24)21-15-5-4-12(19)9-14(15)20/h1-9H,10H2,(H,21,24). The van der Waals surface area contributed by atoms with E-state index in [1.54, 1.807) is 30.5 Å². The van der Waals surface area contributed by atoms with E-state index in [0.29, 0.717) is 16.8 Å². The lowest BCUT2D eigenvalue weighted by molar-refractivity contribution is 0.101. The molecular weight excluding hydrogens is 352 g/mol. The van der Waals surface area contributed by atoms with Crippen molar-refractivity contribution in [2.24, 2.45) is 0 Å². The molecule has 0 aliphatic carbocycles. The minimum absolute atomic E-state index is 0.0680. The van der Waals surface area contributed by atoms with Gasteiger partial charge in [-0.05, 0) is 36.4 Å². The normalized spacial score (nSPS) is 10.5. The third-order valence-corrected chi connectivity index (χ3v) is 3.45. The Balaban J connectivity index is 1.63. The third-order valence-electron chi connectivity index (χ3n) is 3.21. The minimum atomic E-state index is -0.864. The maximum Gasteiger partial charge on any atom is 0.276 e. The van der Waals surface area contributed by atoms with Crippen LogP contribution >= 0.6 is 11.6 Å². The monoisotopic (exact) mass is 363 g/mol. The number of ether oxygens (including phenoxy) is 1. The number of carbonyl (C=O) groups excluding carboxylic acids is 1. The molecule has 1 aromatic heterocycles. The second-order valence-corrected chi connectivity index (χ2v) is 5.49. The van der Waals surface area contributed by atoms with Gasteiger partial charge >= 0.3 is 0 Å². The Morgan fingerprint density at radius 2 is 2.04 bits per heavy atom. The van der Waals surface area contributed by atoms with Crippen LogP contribution < -0.4 is 10.1 Å². The highest BCUT2D eigenvalue weighted by Gasteiger charge is 2.13. The fourth-order valence-electron chi connectivity index (χ4n) is 2.03. The van der Waals surface area contributed by atoms with Gasteiger partial charge in [0.2, 0.25) is 0 Å². The summed E-state index contributed by atoms with van der Waals surface area (Å²) in [6, 6.07) is 11.2. The molecule has 128 valence electrons. The Labute approximate surface area is 146 Å². The number of nitrogens with zero attached hydrogens (tertiary/aromatic N) is 2. The lowest BCUT2D eigenvalue weighted by atomic mass is 10.3. The summed E-state index contributed by atoms with van der Waals surface area (Å²) in [5.41, 5.74) is -0.0606. The van der Waals surface area contributed by atoms with Crippen molar-refractivity contribution in [1.29, 1.82) is 0 Å². The highest BCUT2D eigenvalue weighted by atomic mass is 35.5. The molecule has 1 amide bonds. The van der Waals surface area contributed by atoms with Gasteiger partial charge in [0, 0.05) is 17.3 Å². The predicted molar refractivity (Wildman–Crippen MR) is 88.6 cm³/mol. The van der Waals surface area contributed by atoms with Gasteiger partial charge in [-0.3, -0.25) is 4.79 Å². The molecule has 0 fully saturated rings. The van der Waals surface area contributed by atoms with Crippen molar-refractivity contribution in [2.45, 2.75) is 6.73 Å². The molecule has 1 N–H and O–H groups in total. The smallest absolute Gasteiger partial charge is 0.276 e. The molecule has 1 heterocycles. The third kappa shape index (κ3) is 4.33. The highest BCUT2D eigenvalue weighted by molar-refractivity contribution is 6.30. The summed E-state index contributed by atoms with van der Waals surface area (Å²) in [6.45, 7) is 0.0680. The maximum atomic E-state index is 13.6. The van der Waals surface area contributed by atoms with Crippen molar-refractivity contribution in [1.82, 2.24) is 9.78 Å². The maximum absolute atomic E-state index is 13.6. The Morgan fingerprint density at radius 3 is 2.80 bits per heavy atom. The molecule has 0 bridgehead atoms. The molecule has 0 atom stereocenters. The van der Waals surface area contributed by atoms with Gasteiger partial charge in [0.25, 0.3) is 5.91 Å². The van der Waals surface area contributed by atoms with E-state index in [1.807, 2.05) is 0 Å². The SMILES string of the molecule is O=C(Nc1ccc(F)cc1F)c1ccn(COc2cccc(Cl)c2)n1. The van der Waals surface area contributed by atoms with Crippen LogP contribution in [0.5, 0.6) is 5.75 Å². The summed E-state index contributed by atoms with van der Waals surface area (Å²) in [5, 5.41) is 6.92. The first-order valence-corrected chi connectivity index (χ1v) is 7.57. The van der Waals surface area contributed by atoms with E-state index in [2.05, 4.69) is 10.4 Å². The molecule has 3 aromatic rings. The first-order valence-electron chi connectivity index (χ1n) is 7.19. The number of rotatable bonds is 5. The fraction of sp³-hybridized carbons (Fsp3) is 0.0588. The molecule has 3 rings (SSSR count). The number of anilines is 1. The number of hydrogen-bond donors (Lipinski definition) is 1. The number of amides is 1. The van der Waals surface area contributed by atoms with E-state index in [9.17, 15) is 13.6 Å². The molecule has 0 radical (unpaired) electrons. The summed E-state index contributed by atoms with van der Waals surface area (Å²) >= 11 is 5.86. The largest absolute Gasteiger partial charge is 0.471 e. The van der Waals surface area contributed by atoms with Crippen molar-refractivity contribution in [3.05, 3.63) is 77.1 Å². The molecule has 0 saturated carbocycles. The van der Waals surface area contributed by atoms with Crippen LogP contribution in [0.1, 0.15) is 10.5 Å². The Hall–Kier alpha value is -2.93. The van der Waals surface area contributed by atoms with Gasteiger partial charge < -0.3 is 10.1 Å². The van der Waals surface area contributed by atoms with Crippen molar-refractivity contribution in [2.75, 3.05) is 5.32 Å². The topological polar surface area (TPSA) is 56.2 Å². The molecule has 0 unspecified atom stereocenters. The molecule has 0 saturated heterocycles. The van der Waals surface area contributed by atoms with Crippen LogP contribution in [-0.2, 0) is 6.73 Å². The zero-order valence-electron chi connectivity index (χ0n) is 12.7. The van der Waals surface area contributed by atoms with Crippen molar-refractivity contribution >= 4 is 23.2 Å². The van der Waals surface area contributed by atoms with Gasteiger partial charge in [0.05, 0.1) is 5.69 Å². The average Bonchev–Trinajstić information content (AvgIpc) is 3.05.